The average Bonchev–Trinajstić information content (AvgIpc) is 2.87. The van der Waals surface area contributed by atoms with Crippen molar-refractivity contribution in [3.63, 3.8) is 0 Å². The topological polar surface area (TPSA) is 127 Å². The molecule has 1 aliphatic heterocycles. The van der Waals surface area contributed by atoms with Crippen molar-refractivity contribution in [2.45, 2.75) is 23.5 Å². The summed E-state index contributed by atoms with van der Waals surface area (Å²) in [5.74, 6) is -1.03. The van der Waals surface area contributed by atoms with Gasteiger partial charge in [0.15, 0.2) is 5.72 Å². The zero-order valence-electron chi connectivity index (χ0n) is 15.2. The third kappa shape index (κ3) is 3.64. The Bertz CT molecular complexity index is 1020. The molecule has 0 fully saturated rings. The maximum Gasteiger partial charge on any atom is 0.310 e. The molecule has 0 saturated heterocycles. The molecule has 1 atom stereocenters. The molecule has 3 N–H and O–H groups in total. The smallest absolute Gasteiger partial charge is 0.310 e. The van der Waals surface area contributed by atoms with Crippen molar-refractivity contribution in [1.82, 2.24) is 4.90 Å². The Hall–Kier alpha value is -2.75. The number of nitrogens with zero attached hydrogens (tertiary/aromatic N) is 1. The molecule has 0 radical (unpaired) electrons. The van der Waals surface area contributed by atoms with Gasteiger partial charge in [0.2, 0.25) is 10.0 Å². The van der Waals surface area contributed by atoms with Gasteiger partial charge in [0.05, 0.1) is 18.4 Å². The maximum atomic E-state index is 12.8. The molecule has 9 heteroatoms. The quantitative estimate of drug-likeness (QED) is 0.684. The normalized spacial score (nSPS) is 18.8. The standard InChI is InChI=1S/C19H20N2O6S/c1-27-17(22)12-19(24)16-5-3-2-4-15(16)18(23)21(19)11-10-13-6-8-14(9-7-13)28(20,25)26/h2-9,24H,10-12H2,1H3,(H2,20,25,26)/t19-/m0/s1. The van der Waals surface area contributed by atoms with Gasteiger partial charge in [0, 0.05) is 17.7 Å². The van der Waals surface area contributed by atoms with Crippen LogP contribution in [0.1, 0.15) is 27.9 Å². The SMILES string of the molecule is COC(=O)C[C@]1(O)c2ccccc2C(=O)N1CCc1ccc(S(N)(=O)=O)cc1. The van der Waals surface area contributed by atoms with E-state index in [1.54, 1.807) is 36.4 Å². The number of aliphatic hydroxyl groups is 1. The highest BCUT2D eigenvalue weighted by Crippen LogP contribution is 2.39. The number of sulfonamides is 1. The molecule has 0 bridgehead atoms. The lowest BCUT2D eigenvalue weighted by molar-refractivity contribution is -0.155. The van der Waals surface area contributed by atoms with Crippen LogP contribution >= 0.6 is 0 Å². The molecular formula is C19H20N2O6S. The molecule has 3 rings (SSSR count). The maximum absolute atomic E-state index is 12.8. The second-order valence-corrected chi connectivity index (χ2v) is 8.07. The van der Waals surface area contributed by atoms with E-state index in [1.165, 1.54) is 24.1 Å². The van der Waals surface area contributed by atoms with Crippen LogP contribution in [0.5, 0.6) is 0 Å². The molecule has 0 unspecified atom stereocenters. The van der Waals surface area contributed by atoms with Crippen LogP contribution in [-0.4, -0.2) is 44.0 Å². The molecule has 0 spiro atoms. The Morgan fingerprint density at radius 1 is 1.18 bits per heavy atom. The number of benzene rings is 2. The zero-order valence-corrected chi connectivity index (χ0v) is 16.0. The summed E-state index contributed by atoms with van der Waals surface area (Å²) < 4.78 is 27.4. The van der Waals surface area contributed by atoms with E-state index >= 15 is 0 Å². The summed E-state index contributed by atoms with van der Waals surface area (Å²) >= 11 is 0. The van der Waals surface area contributed by atoms with Crippen LogP contribution in [0.3, 0.4) is 0 Å². The first-order valence-corrected chi connectivity index (χ1v) is 10.0. The summed E-state index contributed by atoms with van der Waals surface area (Å²) in [6, 6.07) is 12.5. The van der Waals surface area contributed by atoms with E-state index in [9.17, 15) is 23.1 Å². The Kier molecular flexibility index (Phi) is 5.24. The van der Waals surface area contributed by atoms with Crippen LogP contribution in [-0.2, 0) is 31.7 Å². The van der Waals surface area contributed by atoms with Gasteiger partial charge < -0.3 is 14.7 Å². The van der Waals surface area contributed by atoms with Gasteiger partial charge in [-0.3, -0.25) is 9.59 Å². The van der Waals surface area contributed by atoms with Gasteiger partial charge in [-0.1, -0.05) is 30.3 Å². The van der Waals surface area contributed by atoms with Crippen LogP contribution in [0, 0.1) is 0 Å². The van der Waals surface area contributed by atoms with Gasteiger partial charge in [-0.25, -0.2) is 13.6 Å². The van der Waals surface area contributed by atoms with Gasteiger partial charge in [-0.05, 0) is 30.2 Å². The minimum absolute atomic E-state index is 0.0110. The predicted molar refractivity (Wildman–Crippen MR) is 99.5 cm³/mol. The van der Waals surface area contributed by atoms with Crippen molar-refractivity contribution in [3.8, 4) is 0 Å². The molecule has 0 saturated carbocycles. The second-order valence-electron chi connectivity index (χ2n) is 6.51. The molecule has 1 aliphatic rings. The highest BCUT2D eigenvalue weighted by molar-refractivity contribution is 7.89. The first-order valence-electron chi connectivity index (χ1n) is 8.49. The summed E-state index contributed by atoms with van der Waals surface area (Å²) in [5.41, 5.74) is -0.369. The van der Waals surface area contributed by atoms with E-state index in [4.69, 9.17) is 5.14 Å². The summed E-state index contributed by atoms with van der Waals surface area (Å²) in [6.45, 7) is 0.121. The van der Waals surface area contributed by atoms with Gasteiger partial charge in [0.1, 0.15) is 0 Å². The van der Waals surface area contributed by atoms with Crippen molar-refractivity contribution in [2.24, 2.45) is 5.14 Å². The molecule has 0 aliphatic carbocycles. The fourth-order valence-electron chi connectivity index (χ4n) is 3.31. The van der Waals surface area contributed by atoms with Crippen LogP contribution in [0.4, 0.5) is 0 Å². The minimum atomic E-state index is -3.79. The molecule has 2 aromatic rings. The first-order chi connectivity index (χ1) is 13.2. The molecule has 148 valence electrons. The van der Waals surface area contributed by atoms with E-state index in [-0.39, 0.29) is 17.3 Å². The van der Waals surface area contributed by atoms with Crippen LogP contribution < -0.4 is 5.14 Å². The van der Waals surface area contributed by atoms with Crippen molar-refractivity contribution in [3.05, 3.63) is 65.2 Å². The molecule has 1 heterocycles. The highest BCUT2D eigenvalue weighted by Gasteiger charge is 2.49. The van der Waals surface area contributed by atoms with Crippen molar-refractivity contribution in [2.75, 3.05) is 13.7 Å². The van der Waals surface area contributed by atoms with Crippen LogP contribution in [0.15, 0.2) is 53.4 Å². The number of methoxy groups -OCH3 is 1. The van der Waals surface area contributed by atoms with Crippen molar-refractivity contribution >= 4 is 21.9 Å². The number of amides is 1. The molecular weight excluding hydrogens is 384 g/mol. The highest BCUT2D eigenvalue weighted by atomic mass is 32.2. The Morgan fingerprint density at radius 2 is 1.82 bits per heavy atom. The number of ether oxygens (including phenoxy) is 1. The van der Waals surface area contributed by atoms with Crippen molar-refractivity contribution < 1.29 is 27.9 Å². The molecule has 2 aromatic carbocycles. The largest absolute Gasteiger partial charge is 0.469 e. The van der Waals surface area contributed by atoms with Crippen LogP contribution in [0.25, 0.3) is 0 Å². The van der Waals surface area contributed by atoms with E-state index in [1.807, 2.05) is 0 Å². The first kappa shape index (κ1) is 20.0. The lowest BCUT2D eigenvalue weighted by Crippen LogP contribution is -2.46. The van der Waals surface area contributed by atoms with Gasteiger partial charge in [0.25, 0.3) is 5.91 Å². The van der Waals surface area contributed by atoms with E-state index < -0.39 is 28.1 Å². The zero-order chi connectivity index (χ0) is 20.5. The van der Waals surface area contributed by atoms with Crippen molar-refractivity contribution in [1.29, 1.82) is 0 Å². The third-order valence-electron chi connectivity index (χ3n) is 4.77. The second kappa shape index (κ2) is 7.34. The average molecular weight is 404 g/mol. The number of nitrogens with two attached hydrogens (primary N) is 1. The Labute approximate surface area is 162 Å². The number of hydrogen-bond acceptors (Lipinski definition) is 6. The number of esters is 1. The monoisotopic (exact) mass is 404 g/mol. The molecule has 0 aromatic heterocycles. The van der Waals surface area contributed by atoms with E-state index in [2.05, 4.69) is 4.74 Å². The molecule has 28 heavy (non-hydrogen) atoms. The molecule has 1 amide bonds. The lowest BCUT2D eigenvalue weighted by atomic mass is 9.98. The fourth-order valence-corrected chi connectivity index (χ4v) is 3.83. The number of carbonyl (C=O) groups excluding carboxylic acids is 2. The van der Waals surface area contributed by atoms with E-state index in [0.29, 0.717) is 17.5 Å². The number of rotatable bonds is 6. The summed E-state index contributed by atoms with van der Waals surface area (Å²) in [5, 5.41) is 16.3. The number of primary sulfonamides is 1. The number of fused-ring (bicyclic) bond motifs is 1. The summed E-state index contributed by atoms with van der Waals surface area (Å²) in [6.07, 6.45) is -0.0509. The van der Waals surface area contributed by atoms with Gasteiger partial charge in [-0.2, -0.15) is 0 Å². The Morgan fingerprint density at radius 3 is 2.43 bits per heavy atom. The summed E-state index contributed by atoms with van der Waals surface area (Å²) in [7, 11) is -2.57. The molecule has 8 nitrogen and oxygen atoms in total. The Balaban J connectivity index is 1.85. The predicted octanol–water partition coefficient (Wildman–Crippen LogP) is 0.741. The number of carbonyl (C=O) groups is 2. The van der Waals surface area contributed by atoms with Gasteiger partial charge in [-0.15, -0.1) is 0 Å². The minimum Gasteiger partial charge on any atom is -0.469 e. The lowest BCUT2D eigenvalue weighted by Gasteiger charge is -2.33. The van der Waals surface area contributed by atoms with Gasteiger partial charge >= 0.3 is 5.97 Å². The van der Waals surface area contributed by atoms with E-state index in [0.717, 1.165) is 5.56 Å². The summed E-state index contributed by atoms with van der Waals surface area (Å²) in [4.78, 5) is 25.9. The third-order valence-corrected chi connectivity index (χ3v) is 5.70. The van der Waals surface area contributed by atoms with Crippen LogP contribution in [0.2, 0.25) is 0 Å². The fraction of sp³-hybridized carbons (Fsp3) is 0.263. The number of hydrogen-bond donors (Lipinski definition) is 2.